The van der Waals surface area contributed by atoms with Crippen LogP contribution in [0, 0.1) is 0 Å². The molecular formula is C13H20BrNO3S. The average Bonchev–Trinajstić information content (AvgIpc) is 2.28. The van der Waals surface area contributed by atoms with E-state index >= 15 is 0 Å². The zero-order valence-corrected chi connectivity index (χ0v) is 13.6. The van der Waals surface area contributed by atoms with E-state index in [0.29, 0.717) is 12.2 Å². The van der Waals surface area contributed by atoms with E-state index < -0.39 is 9.84 Å². The van der Waals surface area contributed by atoms with E-state index in [9.17, 15) is 8.42 Å². The van der Waals surface area contributed by atoms with Crippen LogP contribution in [0.15, 0.2) is 22.7 Å². The summed E-state index contributed by atoms with van der Waals surface area (Å²) in [6, 6.07) is 5.42. The first-order chi connectivity index (χ1) is 8.85. The molecule has 0 heterocycles. The highest BCUT2D eigenvalue weighted by atomic mass is 79.9. The molecule has 0 radical (unpaired) electrons. The van der Waals surface area contributed by atoms with Gasteiger partial charge in [-0.25, -0.2) is 8.42 Å². The van der Waals surface area contributed by atoms with Crippen LogP contribution < -0.4 is 10.5 Å². The van der Waals surface area contributed by atoms with Crippen LogP contribution in [0.25, 0.3) is 0 Å². The molecule has 0 aromatic heterocycles. The number of benzene rings is 1. The summed E-state index contributed by atoms with van der Waals surface area (Å²) < 4.78 is 29.6. The van der Waals surface area contributed by atoms with Crippen LogP contribution in [0.5, 0.6) is 5.75 Å². The maximum atomic E-state index is 11.6. The molecule has 0 fully saturated rings. The Balaban J connectivity index is 2.70. The lowest BCUT2D eigenvalue weighted by Crippen LogP contribution is -2.17. The summed E-state index contributed by atoms with van der Waals surface area (Å²) in [6.07, 6.45) is 0.629. The fourth-order valence-corrected chi connectivity index (χ4v) is 3.20. The van der Waals surface area contributed by atoms with Gasteiger partial charge in [0.1, 0.15) is 12.4 Å². The van der Waals surface area contributed by atoms with Crippen LogP contribution in [0.2, 0.25) is 0 Å². The fraction of sp³-hybridized carbons (Fsp3) is 0.538. The third-order valence-electron chi connectivity index (χ3n) is 2.63. The van der Waals surface area contributed by atoms with E-state index in [1.165, 1.54) is 0 Å². The van der Waals surface area contributed by atoms with Gasteiger partial charge in [0.2, 0.25) is 0 Å². The maximum Gasteiger partial charge on any atom is 0.153 e. The molecule has 2 N–H and O–H groups in total. The zero-order chi connectivity index (χ0) is 14.5. The number of hydrogen-bond donors (Lipinski definition) is 1. The molecule has 0 aliphatic heterocycles. The lowest BCUT2D eigenvalue weighted by Gasteiger charge is -2.14. The molecule has 0 bridgehead atoms. The van der Waals surface area contributed by atoms with Gasteiger partial charge in [-0.2, -0.15) is 0 Å². The minimum atomic E-state index is -3.01. The molecule has 0 aliphatic carbocycles. The quantitative estimate of drug-likeness (QED) is 0.821. The van der Waals surface area contributed by atoms with Gasteiger partial charge in [-0.15, -0.1) is 0 Å². The summed E-state index contributed by atoms with van der Waals surface area (Å²) in [7, 11) is -3.01. The second-order valence-electron chi connectivity index (χ2n) is 4.47. The first-order valence-electron chi connectivity index (χ1n) is 6.24. The highest BCUT2D eigenvalue weighted by Gasteiger charge is 2.12. The summed E-state index contributed by atoms with van der Waals surface area (Å²) in [5, 5.41) is 0. The molecule has 1 atom stereocenters. The summed E-state index contributed by atoms with van der Waals surface area (Å²) >= 11 is 3.36. The van der Waals surface area contributed by atoms with Crippen molar-refractivity contribution < 1.29 is 13.2 Å². The molecule has 0 unspecified atom stereocenters. The normalized spacial score (nSPS) is 13.3. The van der Waals surface area contributed by atoms with Crippen molar-refractivity contribution in [3.05, 3.63) is 28.2 Å². The average molecular weight is 350 g/mol. The highest BCUT2D eigenvalue weighted by Crippen LogP contribution is 2.27. The number of sulfone groups is 1. The SMILES string of the molecule is CCCS(=O)(=O)CCOc1cc(Br)ccc1[C@H](C)N. The molecule has 0 spiro atoms. The molecular weight excluding hydrogens is 330 g/mol. The van der Waals surface area contributed by atoms with Crippen LogP contribution in [-0.2, 0) is 9.84 Å². The first kappa shape index (κ1) is 16.5. The Bertz CT molecular complexity index is 515. The van der Waals surface area contributed by atoms with Gasteiger partial charge >= 0.3 is 0 Å². The van der Waals surface area contributed by atoms with E-state index in [1.807, 2.05) is 32.0 Å². The molecule has 1 aromatic rings. The predicted octanol–water partition coefficient (Wildman–Crippen LogP) is 2.67. The number of ether oxygens (including phenoxy) is 1. The number of nitrogens with two attached hydrogens (primary N) is 1. The molecule has 0 amide bonds. The van der Waals surface area contributed by atoms with Crippen LogP contribution in [0.4, 0.5) is 0 Å². The van der Waals surface area contributed by atoms with Crippen molar-refractivity contribution >= 4 is 25.8 Å². The molecule has 108 valence electrons. The smallest absolute Gasteiger partial charge is 0.153 e. The maximum absolute atomic E-state index is 11.6. The van der Waals surface area contributed by atoms with E-state index in [1.54, 1.807) is 0 Å². The van der Waals surface area contributed by atoms with Crippen LogP contribution in [0.3, 0.4) is 0 Å². The molecule has 6 heteroatoms. The van der Waals surface area contributed by atoms with Gasteiger partial charge in [0.25, 0.3) is 0 Å². The largest absolute Gasteiger partial charge is 0.492 e. The predicted molar refractivity (Wildman–Crippen MR) is 81.2 cm³/mol. The van der Waals surface area contributed by atoms with E-state index in [-0.39, 0.29) is 24.2 Å². The van der Waals surface area contributed by atoms with Crippen molar-refractivity contribution in [2.24, 2.45) is 5.73 Å². The van der Waals surface area contributed by atoms with Crippen LogP contribution >= 0.6 is 15.9 Å². The molecule has 19 heavy (non-hydrogen) atoms. The molecule has 1 rings (SSSR count). The minimum absolute atomic E-state index is 0.0335. The van der Waals surface area contributed by atoms with E-state index in [0.717, 1.165) is 10.0 Å². The van der Waals surface area contributed by atoms with Crippen LogP contribution in [-0.4, -0.2) is 26.5 Å². The summed E-state index contributed by atoms with van der Waals surface area (Å²) in [5.74, 6) is 0.872. The van der Waals surface area contributed by atoms with Gasteiger partial charge in [-0.1, -0.05) is 28.9 Å². The Labute approximate surface area is 123 Å². The molecule has 0 aliphatic rings. The van der Waals surface area contributed by atoms with Crippen molar-refractivity contribution in [2.45, 2.75) is 26.3 Å². The lowest BCUT2D eigenvalue weighted by atomic mass is 10.1. The van der Waals surface area contributed by atoms with Gasteiger partial charge in [0.15, 0.2) is 9.84 Å². The number of hydrogen-bond acceptors (Lipinski definition) is 4. The van der Waals surface area contributed by atoms with Gasteiger partial charge < -0.3 is 10.5 Å². The van der Waals surface area contributed by atoms with Gasteiger partial charge in [0.05, 0.1) is 11.5 Å². The summed E-state index contributed by atoms with van der Waals surface area (Å²) in [4.78, 5) is 0. The Morgan fingerprint density at radius 1 is 1.37 bits per heavy atom. The van der Waals surface area contributed by atoms with E-state index in [4.69, 9.17) is 10.5 Å². The highest BCUT2D eigenvalue weighted by molar-refractivity contribution is 9.10. The van der Waals surface area contributed by atoms with Gasteiger partial charge in [0, 0.05) is 16.1 Å². The van der Waals surface area contributed by atoms with Gasteiger partial charge in [-0.3, -0.25) is 0 Å². The fourth-order valence-electron chi connectivity index (χ4n) is 1.70. The second-order valence-corrected chi connectivity index (χ2v) is 7.69. The Hall–Kier alpha value is -0.590. The summed E-state index contributed by atoms with van der Waals surface area (Å²) in [5.41, 5.74) is 6.73. The van der Waals surface area contributed by atoms with Crippen molar-refractivity contribution in [2.75, 3.05) is 18.1 Å². The Kier molecular flexibility index (Phi) is 6.29. The standard InChI is InChI=1S/C13H20BrNO3S/c1-3-7-19(16,17)8-6-18-13-9-11(14)4-5-12(13)10(2)15/h4-5,9-10H,3,6-8,15H2,1-2H3/t10-/m0/s1. The van der Waals surface area contributed by atoms with Crippen LogP contribution in [0.1, 0.15) is 31.9 Å². The summed E-state index contributed by atoms with van der Waals surface area (Å²) in [6.45, 7) is 3.86. The third-order valence-corrected chi connectivity index (χ3v) is 4.95. The second kappa shape index (κ2) is 7.26. The molecule has 1 aromatic carbocycles. The van der Waals surface area contributed by atoms with Gasteiger partial charge in [-0.05, 0) is 25.5 Å². The zero-order valence-electron chi connectivity index (χ0n) is 11.2. The van der Waals surface area contributed by atoms with Crippen molar-refractivity contribution in [1.29, 1.82) is 0 Å². The monoisotopic (exact) mass is 349 g/mol. The first-order valence-corrected chi connectivity index (χ1v) is 8.85. The Morgan fingerprint density at radius 2 is 2.05 bits per heavy atom. The molecule has 0 saturated heterocycles. The lowest BCUT2D eigenvalue weighted by molar-refractivity contribution is 0.335. The van der Waals surface area contributed by atoms with E-state index in [2.05, 4.69) is 15.9 Å². The third kappa shape index (κ3) is 5.50. The molecule has 0 saturated carbocycles. The molecule has 4 nitrogen and oxygen atoms in total. The minimum Gasteiger partial charge on any atom is -0.492 e. The number of halogens is 1. The van der Waals surface area contributed by atoms with Crippen molar-refractivity contribution in [3.8, 4) is 5.75 Å². The number of rotatable bonds is 7. The van der Waals surface area contributed by atoms with Crippen molar-refractivity contribution in [1.82, 2.24) is 0 Å². The topological polar surface area (TPSA) is 69.4 Å². The van der Waals surface area contributed by atoms with Crippen molar-refractivity contribution in [3.63, 3.8) is 0 Å². The Morgan fingerprint density at radius 3 is 2.63 bits per heavy atom.